The van der Waals surface area contributed by atoms with E-state index >= 15 is 0 Å². The summed E-state index contributed by atoms with van der Waals surface area (Å²) in [5.74, 6) is 0.0385. The van der Waals surface area contributed by atoms with Crippen LogP contribution in [0.3, 0.4) is 0 Å². The van der Waals surface area contributed by atoms with E-state index in [1.807, 2.05) is 6.92 Å². The number of halogens is 5. The smallest absolute Gasteiger partial charge is 0.367 e. The number of aliphatic imine (C=N–C) groups is 1. The Morgan fingerprint density at radius 2 is 1.94 bits per heavy atom. The van der Waals surface area contributed by atoms with Crippen molar-refractivity contribution in [1.82, 2.24) is 10.3 Å². The van der Waals surface area contributed by atoms with Gasteiger partial charge in [0.1, 0.15) is 17.1 Å². The summed E-state index contributed by atoms with van der Waals surface area (Å²) >= 11 is 12.5. The number of carbonyl (C=O) groups is 1. The van der Waals surface area contributed by atoms with Crippen LogP contribution >= 0.6 is 23.2 Å². The summed E-state index contributed by atoms with van der Waals surface area (Å²) in [6.07, 6.45) is -2.07. The van der Waals surface area contributed by atoms with Gasteiger partial charge in [0.25, 0.3) is 5.91 Å². The predicted octanol–water partition coefficient (Wildman–Crippen LogP) is 5.59. The number of alkyl halides is 3. The average Bonchev–Trinajstić information content (AvgIpc) is 3.55. The molecule has 0 bridgehead atoms. The number of rotatable bonds is 3. The van der Waals surface area contributed by atoms with Crippen LogP contribution in [0, 0.1) is 0 Å². The standard InChI is InChI=1S/C23H21Cl2F3N4O/c1-12-11-22(8-9-32(12)17-10-14(24)4-6-16(17)25)21(33)30-20(31-22)15-5-7-18(23(26,27)28)29-19(15)13-2-3-13/h4-7,10,12-13H,2-3,8-9,11H2,1H3,(H,30,31,33)/t12-,22+/m0/s1. The lowest BCUT2D eigenvalue weighted by atomic mass is 9.83. The van der Waals surface area contributed by atoms with Gasteiger partial charge in [-0.3, -0.25) is 9.79 Å². The fraction of sp³-hybridized carbons (Fsp3) is 0.435. The highest BCUT2D eigenvalue weighted by atomic mass is 35.5. The van der Waals surface area contributed by atoms with Gasteiger partial charge in [0.2, 0.25) is 0 Å². The molecule has 2 aliphatic heterocycles. The maximum absolute atomic E-state index is 13.2. The third-order valence-corrected chi connectivity index (χ3v) is 7.12. The first-order valence-corrected chi connectivity index (χ1v) is 11.5. The van der Waals surface area contributed by atoms with E-state index in [1.165, 1.54) is 6.07 Å². The number of nitrogens with one attached hydrogen (secondary N) is 1. The van der Waals surface area contributed by atoms with E-state index in [1.54, 1.807) is 18.2 Å². The van der Waals surface area contributed by atoms with Crippen LogP contribution in [0.4, 0.5) is 18.9 Å². The van der Waals surface area contributed by atoms with Gasteiger partial charge in [-0.05, 0) is 56.5 Å². The first-order valence-electron chi connectivity index (χ1n) is 10.8. The molecule has 0 unspecified atom stereocenters. The minimum absolute atomic E-state index is 0.0378. The Morgan fingerprint density at radius 1 is 1.18 bits per heavy atom. The molecular weight excluding hydrogens is 476 g/mol. The van der Waals surface area contributed by atoms with Crippen molar-refractivity contribution in [3.63, 3.8) is 0 Å². The molecule has 2 aromatic rings. The Labute approximate surface area is 199 Å². The molecule has 1 saturated carbocycles. The molecule has 2 fully saturated rings. The van der Waals surface area contributed by atoms with Gasteiger partial charge in [0, 0.05) is 35.5 Å². The normalized spacial score (nSPS) is 25.4. The van der Waals surface area contributed by atoms with Gasteiger partial charge in [-0.25, -0.2) is 4.98 Å². The lowest BCUT2D eigenvalue weighted by molar-refractivity contribution is -0.141. The van der Waals surface area contributed by atoms with Gasteiger partial charge < -0.3 is 10.2 Å². The number of hydrogen-bond donors (Lipinski definition) is 1. The molecule has 5 rings (SSSR count). The summed E-state index contributed by atoms with van der Waals surface area (Å²) < 4.78 is 39.6. The highest BCUT2D eigenvalue weighted by Crippen LogP contribution is 2.44. The molecule has 3 aliphatic rings. The zero-order chi connectivity index (χ0) is 23.5. The van der Waals surface area contributed by atoms with Gasteiger partial charge in [0.05, 0.1) is 16.4 Å². The summed E-state index contributed by atoms with van der Waals surface area (Å²) in [5, 5.41) is 3.98. The van der Waals surface area contributed by atoms with E-state index in [9.17, 15) is 18.0 Å². The number of anilines is 1. The molecule has 0 radical (unpaired) electrons. The number of piperidine rings is 1. The minimum atomic E-state index is -4.52. The van der Waals surface area contributed by atoms with Crippen molar-refractivity contribution in [2.75, 3.05) is 11.4 Å². The second-order valence-electron chi connectivity index (χ2n) is 8.94. The monoisotopic (exact) mass is 496 g/mol. The molecule has 1 aromatic heterocycles. The summed E-state index contributed by atoms with van der Waals surface area (Å²) in [5.41, 5.74) is -0.258. The minimum Gasteiger partial charge on any atom is -0.367 e. The maximum atomic E-state index is 13.2. The first kappa shape index (κ1) is 22.5. The first-order chi connectivity index (χ1) is 15.6. The Hall–Kier alpha value is -2.32. The topological polar surface area (TPSA) is 57.6 Å². The predicted molar refractivity (Wildman–Crippen MR) is 121 cm³/mol. The lowest BCUT2D eigenvalue weighted by Gasteiger charge is -2.42. The molecule has 1 aliphatic carbocycles. The van der Waals surface area contributed by atoms with Gasteiger partial charge in [-0.15, -0.1) is 0 Å². The van der Waals surface area contributed by atoms with Crippen molar-refractivity contribution in [1.29, 1.82) is 0 Å². The highest BCUT2D eigenvalue weighted by Gasteiger charge is 2.49. The molecule has 3 heterocycles. The van der Waals surface area contributed by atoms with Crippen molar-refractivity contribution < 1.29 is 18.0 Å². The number of amides is 1. The van der Waals surface area contributed by atoms with Crippen molar-refractivity contribution in [2.24, 2.45) is 4.99 Å². The third kappa shape index (κ3) is 4.08. The Balaban J connectivity index is 1.45. The van der Waals surface area contributed by atoms with Crippen molar-refractivity contribution in [3.05, 3.63) is 57.3 Å². The van der Waals surface area contributed by atoms with Crippen LogP contribution < -0.4 is 10.2 Å². The molecular formula is C23H21Cl2F3N4O. The third-order valence-electron chi connectivity index (χ3n) is 6.56. The molecule has 1 aromatic carbocycles. The number of aromatic nitrogens is 1. The Kier molecular flexibility index (Phi) is 5.36. The number of benzene rings is 1. The van der Waals surface area contributed by atoms with E-state index in [-0.39, 0.29) is 17.9 Å². The van der Waals surface area contributed by atoms with E-state index in [4.69, 9.17) is 28.2 Å². The molecule has 1 N–H and O–H groups in total. The van der Waals surface area contributed by atoms with E-state index < -0.39 is 17.4 Å². The fourth-order valence-corrected chi connectivity index (χ4v) is 5.14. The van der Waals surface area contributed by atoms with Crippen LogP contribution in [0.2, 0.25) is 10.0 Å². The lowest BCUT2D eigenvalue weighted by Crippen LogP contribution is -2.53. The Morgan fingerprint density at radius 3 is 2.61 bits per heavy atom. The van der Waals surface area contributed by atoms with E-state index in [2.05, 4.69) is 15.2 Å². The van der Waals surface area contributed by atoms with Crippen LogP contribution in [0.1, 0.15) is 55.5 Å². The molecule has 1 amide bonds. The number of nitrogens with zero attached hydrogens (tertiary/aromatic N) is 3. The van der Waals surface area contributed by atoms with Crippen LogP contribution in [-0.4, -0.2) is 34.9 Å². The van der Waals surface area contributed by atoms with E-state index in [0.29, 0.717) is 46.5 Å². The zero-order valence-corrected chi connectivity index (χ0v) is 19.2. The molecule has 174 valence electrons. The van der Waals surface area contributed by atoms with E-state index in [0.717, 1.165) is 24.6 Å². The molecule has 10 heteroatoms. The van der Waals surface area contributed by atoms with Crippen LogP contribution in [-0.2, 0) is 11.0 Å². The van der Waals surface area contributed by atoms with Crippen molar-refractivity contribution in [3.8, 4) is 0 Å². The van der Waals surface area contributed by atoms with Gasteiger partial charge >= 0.3 is 6.18 Å². The Bertz CT molecular complexity index is 1160. The SMILES string of the molecule is C[C@H]1C[C@@]2(CCN1c1cc(Cl)ccc1Cl)N=C(c1ccc(C(F)(F)F)nc1C1CC1)NC2=O. The second-order valence-corrected chi connectivity index (χ2v) is 9.78. The molecule has 5 nitrogen and oxygen atoms in total. The summed E-state index contributed by atoms with van der Waals surface area (Å²) in [6, 6.07) is 7.54. The summed E-state index contributed by atoms with van der Waals surface area (Å²) in [4.78, 5) is 23.8. The van der Waals surface area contributed by atoms with Crippen LogP contribution in [0.5, 0.6) is 0 Å². The second kappa shape index (κ2) is 7.87. The summed E-state index contributed by atoms with van der Waals surface area (Å²) in [7, 11) is 0. The molecule has 1 saturated heterocycles. The number of carbonyl (C=O) groups excluding carboxylic acids is 1. The number of amidine groups is 1. The number of hydrogen-bond acceptors (Lipinski definition) is 4. The maximum Gasteiger partial charge on any atom is 0.433 e. The summed E-state index contributed by atoms with van der Waals surface area (Å²) in [6.45, 7) is 2.53. The fourth-order valence-electron chi connectivity index (χ4n) is 4.74. The average molecular weight is 497 g/mol. The van der Waals surface area contributed by atoms with Crippen molar-refractivity contribution >= 4 is 40.6 Å². The van der Waals surface area contributed by atoms with Crippen molar-refractivity contribution in [2.45, 2.75) is 56.3 Å². The molecule has 2 atom stereocenters. The van der Waals surface area contributed by atoms with Gasteiger partial charge in [0.15, 0.2) is 0 Å². The molecule has 1 spiro atoms. The highest BCUT2D eigenvalue weighted by molar-refractivity contribution is 6.35. The zero-order valence-electron chi connectivity index (χ0n) is 17.7. The van der Waals surface area contributed by atoms with Crippen LogP contribution in [0.15, 0.2) is 35.3 Å². The molecule has 33 heavy (non-hydrogen) atoms. The quantitative estimate of drug-likeness (QED) is 0.602. The van der Waals surface area contributed by atoms with Gasteiger partial charge in [-0.1, -0.05) is 23.2 Å². The van der Waals surface area contributed by atoms with Gasteiger partial charge in [-0.2, -0.15) is 13.2 Å². The van der Waals surface area contributed by atoms with Crippen LogP contribution in [0.25, 0.3) is 0 Å². The number of pyridine rings is 1. The largest absolute Gasteiger partial charge is 0.433 e.